The van der Waals surface area contributed by atoms with E-state index in [1.165, 1.54) is 6.08 Å². The summed E-state index contributed by atoms with van der Waals surface area (Å²) in [4.78, 5) is 10.9. The Morgan fingerprint density at radius 2 is 2.00 bits per heavy atom. The van der Waals surface area contributed by atoms with Gasteiger partial charge in [0, 0.05) is 5.02 Å². The highest BCUT2D eigenvalue weighted by Gasteiger charge is 1.91. The molecular weight excluding hydrogens is 251 g/mol. The maximum atomic E-state index is 10.9. The van der Waals surface area contributed by atoms with Crippen LogP contribution in [0.3, 0.4) is 0 Å². The van der Waals surface area contributed by atoms with Crippen molar-refractivity contribution in [3.8, 4) is 0 Å². The lowest BCUT2D eigenvalue weighted by Gasteiger charge is -1.92. The van der Waals surface area contributed by atoms with Crippen molar-refractivity contribution in [2.24, 2.45) is 0 Å². The fraction of sp³-hybridized carbons (Fsp3) is 0.100. The van der Waals surface area contributed by atoms with Crippen molar-refractivity contribution in [1.82, 2.24) is 0 Å². The number of alkyl halides is 1. The van der Waals surface area contributed by atoms with Gasteiger partial charge in [-0.2, -0.15) is 0 Å². The Bertz CT molecular complexity index is 316. The fourth-order valence-electron chi connectivity index (χ4n) is 0.808. The van der Waals surface area contributed by atoms with Crippen LogP contribution in [0.25, 0.3) is 6.08 Å². The Morgan fingerprint density at radius 3 is 2.54 bits per heavy atom. The SMILES string of the molecule is O=C(/C=C/c1ccc(Cl)cc1)CBr. The summed E-state index contributed by atoms with van der Waals surface area (Å²) in [6, 6.07) is 7.31. The molecule has 0 radical (unpaired) electrons. The summed E-state index contributed by atoms with van der Waals surface area (Å²) >= 11 is 8.78. The van der Waals surface area contributed by atoms with Crippen LogP contribution in [0, 0.1) is 0 Å². The molecule has 1 rings (SSSR count). The van der Waals surface area contributed by atoms with Gasteiger partial charge < -0.3 is 0 Å². The molecule has 0 aliphatic heterocycles. The summed E-state index contributed by atoms with van der Waals surface area (Å²) in [5.74, 6) is 0.0509. The van der Waals surface area contributed by atoms with Gasteiger partial charge in [0.25, 0.3) is 0 Å². The number of allylic oxidation sites excluding steroid dienone is 1. The number of halogens is 2. The number of carbonyl (C=O) groups excluding carboxylic acids is 1. The second-order valence-electron chi connectivity index (χ2n) is 2.48. The summed E-state index contributed by atoms with van der Waals surface area (Å²) in [5.41, 5.74) is 0.971. The average molecular weight is 260 g/mol. The first-order valence-corrected chi connectivity index (χ1v) is 5.25. The Kier molecular flexibility index (Phi) is 4.19. The molecule has 0 aliphatic rings. The zero-order valence-corrected chi connectivity index (χ0v) is 9.18. The topological polar surface area (TPSA) is 17.1 Å². The molecule has 68 valence electrons. The maximum absolute atomic E-state index is 10.9. The molecule has 0 fully saturated rings. The number of benzene rings is 1. The van der Waals surface area contributed by atoms with Crippen LogP contribution in [0.5, 0.6) is 0 Å². The van der Waals surface area contributed by atoms with Gasteiger partial charge in [0.2, 0.25) is 0 Å². The van der Waals surface area contributed by atoms with Gasteiger partial charge in [0.05, 0.1) is 5.33 Å². The van der Waals surface area contributed by atoms with Gasteiger partial charge in [0.15, 0.2) is 5.78 Å². The quantitative estimate of drug-likeness (QED) is 0.601. The molecule has 0 saturated heterocycles. The van der Waals surface area contributed by atoms with Gasteiger partial charge in [0.1, 0.15) is 0 Å². The van der Waals surface area contributed by atoms with Crippen LogP contribution in [0.15, 0.2) is 30.3 Å². The molecule has 3 heteroatoms. The molecule has 0 bridgehead atoms. The van der Waals surface area contributed by atoms with Gasteiger partial charge in [-0.25, -0.2) is 0 Å². The Hall–Kier alpha value is -0.600. The van der Waals surface area contributed by atoms with E-state index in [2.05, 4.69) is 15.9 Å². The third-order valence-electron chi connectivity index (χ3n) is 1.46. The number of carbonyl (C=O) groups is 1. The third kappa shape index (κ3) is 3.75. The van der Waals surface area contributed by atoms with E-state index in [1.54, 1.807) is 18.2 Å². The van der Waals surface area contributed by atoms with E-state index in [-0.39, 0.29) is 5.78 Å². The molecule has 13 heavy (non-hydrogen) atoms. The van der Waals surface area contributed by atoms with E-state index in [0.717, 1.165) is 5.56 Å². The standard InChI is InChI=1S/C10H8BrClO/c11-7-10(13)6-3-8-1-4-9(12)5-2-8/h1-6H,7H2/b6-3+. The van der Waals surface area contributed by atoms with Crippen molar-refractivity contribution in [2.75, 3.05) is 5.33 Å². The lowest BCUT2D eigenvalue weighted by atomic mass is 10.2. The van der Waals surface area contributed by atoms with E-state index in [0.29, 0.717) is 10.4 Å². The van der Waals surface area contributed by atoms with Gasteiger partial charge in [-0.15, -0.1) is 0 Å². The zero-order chi connectivity index (χ0) is 9.68. The minimum absolute atomic E-state index is 0.0509. The van der Waals surface area contributed by atoms with Crippen molar-refractivity contribution in [3.05, 3.63) is 40.9 Å². The minimum atomic E-state index is 0.0509. The van der Waals surface area contributed by atoms with E-state index in [9.17, 15) is 4.79 Å². The van der Waals surface area contributed by atoms with Crippen molar-refractivity contribution in [2.45, 2.75) is 0 Å². The number of hydrogen-bond donors (Lipinski definition) is 0. The van der Waals surface area contributed by atoms with E-state index in [4.69, 9.17) is 11.6 Å². The molecule has 0 spiro atoms. The Morgan fingerprint density at radius 1 is 1.38 bits per heavy atom. The number of hydrogen-bond acceptors (Lipinski definition) is 1. The van der Waals surface area contributed by atoms with Crippen LogP contribution >= 0.6 is 27.5 Å². The monoisotopic (exact) mass is 258 g/mol. The summed E-state index contributed by atoms with van der Waals surface area (Å²) in [6.45, 7) is 0. The molecule has 0 atom stereocenters. The number of ketones is 1. The summed E-state index contributed by atoms with van der Waals surface area (Å²) in [5, 5.41) is 1.06. The molecule has 1 nitrogen and oxygen atoms in total. The zero-order valence-electron chi connectivity index (χ0n) is 6.84. The molecule has 0 amide bonds. The smallest absolute Gasteiger partial charge is 0.166 e. The van der Waals surface area contributed by atoms with Crippen molar-refractivity contribution < 1.29 is 4.79 Å². The first-order valence-electron chi connectivity index (χ1n) is 3.75. The highest BCUT2D eigenvalue weighted by atomic mass is 79.9. The van der Waals surface area contributed by atoms with E-state index >= 15 is 0 Å². The lowest BCUT2D eigenvalue weighted by Crippen LogP contribution is -1.90. The van der Waals surface area contributed by atoms with Gasteiger partial charge in [-0.1, -0.05) is 45.7 Å². The predicted octanol–water partition coefficient (Wildman–Crippen LogP) is 3.32. The van der Waals surface area contributed by atoms with Crippen molar-refractivity contribution >= 4 is 39.4 Å². The second-order valence-corrected chi connectivity index (χ2v) is 3.48. The molecule has 0 N–H and O–H groups in total. The van der Waals surface area contributed by atoms with Crippen LogP contribution in [-0.2, 0) is 4.79 Å². The summed E-state index contributed by atoms with van der Waals surface area (Å²) in [7, 11) is 0. The van der Waals surface area contributed by atoms with Crippen LogP contribution in [0.2, 0.25) is 5.02 Å². The second kappa shape index (κ2) is 5.20. The van der Waals surface area contributed by atoms with Gasteiger partial charge in [-0.05, 0) is 23.8 Å². The first kappa shape index (κ1) is 10.5. The third-order valence-corrected chi connectivity index (χ3v) is 2.27. The molecule has 0 aliphatic carbocycles. The van der Waals surface area contributed by atoms with Crippen LogP contribution in [0.4, 0.5) is 0 Å². The molecular formula is C10H8BrClO. The normalized spacial score (nSPS) is 10.6. The molecule has 1 aromatic carbocycles. The van der Waals surface area contributed by atoms with Crippen LogP contribution < -0.4 is 0 Å². The highest BCUT2D eigenvalue weighted by molar-refractivity contribution is 9.09. The van der Waals surface area contributed by atoms with Gasteiger partial charge >= 0.3 is 0 Å². The largest absolute Gasteiger partial charge is 0.294 e. The highest BCUT2D eigenvalue weighted by Crippen LogP contribution is 2.10. The predicted molar refractivity (Wildman–Crippen MR) is 59.3 cm³/mol. The lowest BCUT2D eigenvalue weighted by molar-refractivity contribution is -0.112. The van der Waals surface area contributed by atoms with E-state index in [1.807, 2.05) is 12.1 Å². The molecule has 0 saturated carbocycles. The Labute approximate surface area is 90.5 Å². The molecule has 0 heterocycles. The fourth-order valence-corrected chi connectivity index (χ4v) is 1.12. The maximum Gasteiger partial charge on any atom is 0.166 e. The van der Waals surface area contributed by atoms with Crippen molar-refractivity contribution in [1.29, 1.82) is 0 Å². The molecule has 0 unspecified atom stereocenters. The summed E-state index contributed by atoms with van der Waals surface area (Å²) < 4.78 is 0. The van der Waals surface area contributed by atoms with Crippen LogP contribution in [0.1, 0.15) is 5.56 Å². The average Bonchev–Trinajstić information content (AvgIpc) is 2.16. The van der Waals surface area contributed by atoms with Crippen molar-refractivity contribution in [3.63, 3.8) is 0 Å². The first-order chi connectivity index (χ1) is 6.22. The summed E-state index contributed by atoms with van der Waals surface area (Å²) in [6.07, 6.45) is 3.30. The van der Waals surface area contributed by atoms with Gasteiger partial charge in [-0.3, -0.25) is 4.79 Å². The minimum Gasteiger partial charge on any atom is -0.294 e. The molecule has 0 aromatic heterocycles. The van der Waals surface area contributed by atoms with E-state index < -0.39 is 0 Å². The number of rotatable bonds is 3. The van der Waals surface area contributed by atoms with Crippen LogP contribution in [-0.4, -0.2) is 11.1 Å². The molecule has 1 aromatic rings. The Balaban J connectivity index is 2.69.